The number of para-hydroxylation sites is 1. The maximum absolute atomic E-state index is 12.8. The first-order valence-corrected chi connectivity index (χ1v) is 9.96. The molecule has 0 amide bonds. The minimum Gasteiger partial charge on any atom is -0.454 e. The van der Waals surface area contributed by atoms with Gasteiger partial charge in [0, 0.05) is 29.3 Å². The van der Waals surface area contributed by atoms with Gasteiger partial charge in [0.15, 0.2) is 17.3 Å². The van der Waals surface area contributed by atoms with E-state index in [4.69, 9.17) is 9.47 Å². The van der Waals surface area contributed by atoms with Crippen molar-refractivity contribution in [3.8, 4) is 11.5 Å². The highest BCUT2D eigenvalue weighted by Crippen LogP contribution is 2.49. The van der Waals surface area contributed by atoms with Crippen molar-refractivity contribution in [2.24, 2.45) is 5.92 Å². The van der Waals surface area contributed by atoms with Gasteiger partial charge in [0.1, 0.15) is 5.78 Å². The van der Waals surface area contributed by atoms with Crippen molar-refractivity contribution < 1.29 is 24.2 Å². The first-order valence-electron chi connectivity index (χ1n) is 9.96. The largest absolute Gasteiger partial charge is 0.454 e. The van der Waals surface area contributed by atoms with Crippen LogP contribution in [-0.4, -0.2) is 29.1 Å². The molecular weight excluding hydrogens is 382 g/mol. The van der Waals surface area contributed by atoms with Gasteiger partial charge in [-0.1, -0.05) is 24.3 Å². The third kappa shape index (κ3) is 3.59. The molecule has 2 aromatic rings. The lowest BCUT2D eigenvalue weighted by Crippen LogP contribution is -2.48. The lowest BCUT2D eigenvalue weighted by Gasteiger charge is -2.43. The van der Waals surface area contributed by atoms with Crippen molar-refractivity contribution in [2.45, 2.75) is 38.7 Å². The minimum atomic E-state index is -1.33. The summed E-state index contributed by atoms with van der Waals surface area (Å²) < 4.78 is 10.9. The number of ether oxygens (including phenoxy) is 2. The summed E-state index contributed by atoms with van der Waals surface area (Å²) in [7, 11) is 0. The first-order chi connectivity index (χ1) is 14.3. The van der Waals surface area contributed by atoms with Crippen molar-refractivity contribution in [1.29, 1.82) is 0 Å². The molecule has 1 heterocycles. The van der Waals surface area contributed by atoms with Gasteiger partial charge in [-0.15, -0.1) is 0 Å². The zero-order valence-electron chi connectivity index (χ0n) is 17.3. The van der Waals surface area contributed by atoms with Crippen molar-refractivity contribution >= 4 is 17.3 Å². The standard InChI is InChI=1S/C24H25NO5/c1-14(26)21-18(25-17-7-5-4-6-8-17)12-24(3,28)23(15(2)27)22(21)16-9-10-19-20(11-16)30-13-29-19/h4-11,22-23,25,28H,12-13H2,1-3H3/t22-,23+,24-/m0/s1. The minimum absolute atomic E-state index is 0.132. The molecule has 0 spiro atoms. The summed E-state index contributed by atoms with van der Waals surface area (Å²) in [5.74, 6) is -0.488. The molecule has 0 aromatic heterocycles. The van der Waals surface area contributed by atoms with Gasteiger partial charge in [0.25, 0.3) is 0 Å². The van der Waals surface area contributed by atoms with Gasteiger partial charge in [0.05, 0.1) is 11.5 Å². The van der Waals surface area contributed by atoms with E-state index in [0.29, 0.717) is 22.8 Å². The predicted molar refractivity (Wildman–Crippen MR) is 112 cm³/mol. The molecule has 0 fully saturated rings. The Morgan fingerprint density at radius 3 is 2.43 bits per heavy atom. The molecule has 2 aliphatic rings. The monoisotopic (exact) mass is 407 g/mol. The van der Waals surface area contributed by atoms with Crippen LogP contribution in [0.15, 0.2) is 59.8 Å². The van der Waals surface area contributed by atoms with Gasteiger partial charge in [-0.25, -0.2) is 0 Å². The zero-order chi connectivity index (χ0) is 21.5. The number of benzene rings is 2. The van der Waals surface area contributed by atoms with Gasteiger partial charge in [-0.05, 0) is 50.6 Å². The molecule has 0 bridgehead atoms. The summed E-state index contributed by atoms with van der Waals surface area (Å²) in [6.07, 6.45) is 0.169. The fourth-order valence-electron chi connectivity index (χ4n) is 4.65. The van der Waals surface area contributed by atoms with E-state index in [1.165, 1.54) is 13.8 Å². The van der Waals surface area contributed by atoms with E-state index in [2.05, 4.69) is 5.32 Å². The molecule has 4 rings (SSSR count). The molecule has 6 nitrogen and oxygen atoms in total. The number of carbonyl (C=O) groups is 2. The second-order valence-corrected chi connectivity index (χ2v) is 8.15. The molecule has 156 valence electrons. The molecule has 2 aromatic carbocycles. The average molecular weight is 407 g/mol. The second kappa shape index (κ2) is 7.61. The van der Waals surface area contributed by atoms with Gasteiger partial charge in [-0.3, -0.25) is 9.59 Å². The predicted octanol–water partition coefficient (Wildman–Crippen LogP) is 3.81. The van der Waals surface area contributed by atoms with Crippen LogP contribution in [0.2, 0.25) is 0 Å². The van der Waals surface area contributed by atoms with Crippen LogP contribution < -0.4 is 14.8 Å². The number of carbonyl (C=O) groups excluding carboxylic acids is 2. The molecular formula is C24H25NO5. The van der Waals surface area contributed by atoms with Gasteiger partial charge < -0.3 is 19.9 Å². The molecule has 1 aliphatic heterocycles. The molecule has 0 saturated heterocycles. The Bertz CT molecular complexity index is 1030. The number of allylic oxidation sites excluding steroid dienone is 1. The van der Waals surface area contributed by atoms with E-state index in [1.54, 1.807) is 19.1 Å². The number of hydrogen-bond donors (Lipinski definition) is 2. The number of Topliss-reactive ketones (excluding diaryl/α,β-unsaturated/α-hetero) is 2. The Labute approximate surface area is 175 Å². The number of fused-ring (bicyclic) bond motifs is 1. The number of anilines is 1. The van der Waals surface area contributed by atoms with Crippen LogP contribution in [0.25, 0.3) is 0 Å². The number of nitrogens with one attached hydrogen (secondary N) is 1. The fourth-order valence-corrected chi connectivity index (χ4v) is 4.65. The Morgan fingerprint density at radius 2 is 1.77 bits per heavy atom. The summed E-state index contributed by atoms with van der Waals surface area (Å²) in [5, 5.41) is 14.6. The third-order valence-corrected chi connectivity index (χ3v) is 5.82. The topological polar surface area (TPSA) is 84.9 Å². The smallest absolute Gasteiger partial charge is 0.231 e. The SMILES string of the molecule is CC(=O)C1=C(Nc2ccccc2)C[C@](C)(O)[C@H](C(C)=O)[C@H]1c1ccc2c(c1)OCO2. The van der Waals surface area contributed by atoms with Crippen LogP contribution in [-0.2, 0) is 9.59 Å². The maximum Gasteiger partial charge on any atom is 0.231 e. The van der Waals surface area contributed by atoms with Crippen molar-refractivity contribution in [3.05, 3.63) is 65.4 Å². The number of hydrogen-bond acceptors (Lipinski definition) is 6. The third-order valence-electron chi connectivity index (χ3n) is 5.82. The van der Waals surface area contributed by atoms with Crippen LogP contribution in [0, 0.1) is 5.92 Å². The van der Waals surface area contributed by atoms with E-state index in [0.717, 1.165) is 11.3 Å². The Kier molecular flexibility index (Phi) is 5.12. The van der Waals surface area contributed by atoms with Crippen LogP contribution in [0.1, 0.15) is 38.7 Å². The normalized spacial score (nSPS) is 25.2. The van der Waals surface area contributed by atoms with Gasteiger partial charge >= 0.3 is 0 Å². The summed E-state index contributed by atoms with van der Waals surface area (Å²) in [5.41, 5.74) is 1.34. The highest BCUT2D eigenvalue weighted by Gasteiger charge is 2.49. The van der Waals surface area contributed by atoms with Crippen molar-refractivity contribution in [2.75, 3.05) is 12.1 Å². The Morgan fingerprint density at radius 1 is 1.07 bits per heavy atom. The van der Waals surface area contributed by atoms with E-state index in [9.17, 15) is 14.7 Å². The Balaban J connectivity index is 1.89. The molecule has 0 radical (unpaired) electrons. The Hall–Kier alpha value is -3.12. The first kappa shape index (κ1) is 20.2. The van der Waals surface area contributed by atoms with Crippen LogP contribution in [0.3, 0.4) is 0 Å². The number of rotatable bonds is 5. The lowest BCUT2D eigenvalue weighted by molar-refractivity contribution is -0.131. The molecule has 1 aliphatic carbocycles. The van der Waals surface area contributed by atoms with Crippen LogP contribution in [0.4, 0.5) is 5.69 Å². The average Bonchev–Trinajstić information content (AvgIpc) is 3.14. The molecule has 0 unspecified atom stereocenters. The molecule has 3 atom stereocenters. The highest BCUT2D eigenvalue weighted by atomic mass is 16.7. The summed E-state index contributed by atoms with van der Waals surface area (Å²) in [6.45, 7) is 4.75. The van der Waals surface area contributed by atoms with Crippen LogP contribution >= 0.6 is 0 Å². The van der Waals surface area contributed by atoms with Gasteiger partial charge in [-0.2, -0.15) is 0 Å². The summed E-state index contributed by atoms with van der Waals surface area (Å²) >= 11 is 0. The van der Waals surface area contributed by atoms with Crippen LogP contribution in [0.5, 0.6) is 11.5 Å². The molecule has 30 heavy (non-hydrogen) atoms. The summed E-state index contributed by atoms with van der Waals surface area (Å²) in [4.78, 5) is 25.5. The quantitative estimate of drug-likeness (QED) is 0.784. The fraction of sp³-hybridized carbons (Fsp3) is 0.333. The van der Waals surface area contributed by atoms with Crippen molar-refractivity contribution in [1.82, 2.24) is 0 Å². The van der Waals surface area contributed by atoms with E-state index in [-0.39, 0.29) is 24.8 Å². The number of ketones is 2. The molecule has 6 heteroatoms. The van der Waals surface area contributed by atoms with Gasteiger partial charge in [0.2, 0.25) is 6.79 Å². The number of aliphatic hydroxyl groups is 1. The molecule has 0 saturated carbocycles. The van der Waals surface area contributed by atoms with E-state index >= 15 is 0 Å². The van der Waals surface area contributed by atoms with E-state index < -0.39 is 17.4 Å². The lowest BCUT2D eigenvalue weighted by atomic mass is 9.64. The maximum atomic E-state index is 12.8. The summed E-state index contributed by atoms with van der Waals surface area (Å²) in [6, 6.07) is 14.9. The zero-order valence-corrected chi connectivity index (χ0v) is 17.3. The van der Waals surface area contributed by atoms with E-state index in [1.807, 2.05) is 36.4 Å². The van der Waals surface area contributed by atoms with Crippen molar-refractivity contribution in [3.63, 3.8) is 0 Å². The highest BCUT2D eigenvalue weighted by molar-refractivity contribution is 5.98. The second-order valence-electron chi connectivity index (χ2n) is 8.15. The molecule has 2 N–H and O–H groups in total.